The fourth-order valence-corrected chi connectivity index (χ4v) is 4.84. The molecule has 2 aromatic rings. The molecule has 1 atom stereocenters. The van der Waals surface area contributed by atoms with Crippen LogP contribution >= 0.6 is 23.4 Å². The largest absolute Gasteiger partial charge is 0.323 e. The van der Waals surface area contributed by atoms with Crippen LogP contribution in [-0.4, -0.2) is 17.6 Å². The van der Waals surface area contributed by atoms with E-state index >= 15 is 0 Å². The van der Waals surface area contributed by atoms with Crippen molar-refractivity contribution in [2.45, 2.75) is 18.2 Å². The Kier molecular flexibility index (Phi) is 3.58. The molecule has 2 amide bonds. The molecule has 0 saturated carbocycles. The van der Waals surface area contributed by atoms with Crippen molar-refractivity contribution in [3.8, 4) is 0 Å². The van der Waals surface area contributed by atoms with Gasteiger partial charge in [-0.2, -0.15) is 0 Å². The lowest BCUT2D eigenvalue weighted by Gasteiger charge is -2.42. The third kappa shape index (κ3) is 2.15. The number of halogens is 1. The summed E-state index contributed by atoms with van der Waals surface area (Å²) in [7, 11) is 0. The van der Waals surface area contributed by atoms with Crippen LogP contribution in [0.1, 0.15) is 17.5 Å². The molecule has 4 nitrogen and oxygen atoms in total. The maximum atomic E-state index is 13.0. The summed E-state index contributed by atoms with van der Waals surface area (Å²) in [5, 5.41) is 3.53. The zero-order valence-corrected chi connectivity index (χ0v) is 14.6. The predicted molar refractivity (Wildman–Crippen MR) is 97.5 cm³/mol. The van der Waals surface area contributed by atoms with Gasteiger partial charge in [-0.3, -0.25) is 14.5 Å². The Balaban J connectivity index is 1.94. The SMILES string of the molecule is Cc1ccc2c(c1)[C@@]1(SCCC(=O)N1c1ccc(Cl)cc1)C(=O)N2. The van der Waals surface area contributed by atoms with Gasteiger partial charge in [0.05, 0.1) is 0 Å². The Morgan fingerprint density at radius 1 is 1.17 bits per heavy atom. The molecule has 0 aromatic heterocycles. The van der Waals surface area contributed by atoms with Crippen molar-refractivity contribution < 1.29 is 9.59 Å². The number of thioether (sulfide) groups is 1. The van der Waals surface area contributed by atoms with Crippen LogP contribution in [0.3, 0.4) is 0 Å². The number of rotatable bonds is 1. The molecular formula is C18H15ClN2O2S. The highest BCUT2D eigenvalue weighted by molar-refractivity contribution is 8.01. The van der Waals surface area contributed by atoms with Gasteiger partial charge in [0.1, 0.15) is 0 Å². The molecule has 0 aliphatic carbocycles. The molecule has 1 spiro atoms. The molecule has 0 radical (unpaired) electrons. The Hall–Kier alpha value is -1.98. The topological polar surface area (TPSA) is 49.4 Å². The minimum atomic E-state index is -1.05. The van der Waals surface area contributed by atoms with Gasteiger partial charge < -0.3 is 5.32 Å². The van der Waals surface area contributed by atoms with E-state index in [-0.39, 0.29) is 11.8 Å². The molecule has 0 unspecified atom stereocenters. The zero-order chi connectivity index (χ0) is 16.9. The van der Waals surface area contributed by atoms with E-state index in [2.05, 4.69) is 5.32 Å². The number of anilines is 2. The normalized spacial score (nSPS) is 22.7. The fourth-order valence-electron chi connectivity index (χ4n) is 3.30. The van der Waals surface area contributed by atoms with Crippen LogP contribution in [0.2, 0.25) is 5.02 Å². The second kappa shape index (κ2) is 5.53. The first-order chi connectivity index (χ1) is 11.5. The van der Waals surface area contributed by atoms with E-state index in [1.54, 1.807) is 29.2 Å². The van der Waals surface area contributed by atoms with E-state index in [4.69, 9.17) is 11.6 Å². The van der Waals surface area contributed by atoms with Gasteiger partial charge in [0, 0.05) is 34.1 Å². The minimum Gasteiger partial charge on any atom is -0.323 e. The van der Waals surface area contributed by atoms with Crippen LogP contribution in [0.25, 0.3) is 0 Å². The van der Waals surface area contributed by atoms with Gasteiger partial charge >= 0.3 is 0 Å². The van der Waals surface area contributed by atoms with Crippen molar-refractivity contribution in [1.82, 2.24) is 0 Å². The van der Waals surface area contributed by atoms with E-state index in [1.165, 1.54) is 11.8 Å². The maximum Gasteiger partial charge on any atom is 0.266 e. The maximum absolute atomic E-state index is 13.0. The third-order valence-corrected chi connectivity index (χ3v) is 6.04. The predicted octanol–water partition coefficient (Wildman–Crippen LogP) is 3.92. The molecule has 6 heteroatoms. The molecule has 2 heterocycles. The molecule has 2 aliphatic heterocycles. The van der Waals surface area contributed by atoms with Gasteiger partial charge in [-0.25, -0.2) is 0 Å². The van der Waals surface area contributed by atoms with Crippen molar-refractivity contribution in [2.75, 3.05) is 16.0 Å². The van der Waals surface area contributed by atoms with E-state index in [0.29, 0.717) is 22.9 Å². The molecule has 0 bridgehead atoms. The van der Waals surface area contributed by atoms with Gasteiger partial charge in [0.25, 0.3) is 5.91 Å². The van der Waals surface area contributed by atoms with Crippen molar-refractivity contribution in [3.63, 3.8) is 0 Å². The number of benzene rings is 2. The number of aryl methyl sites for hydroxylation is 1. The summed E-state index contributed by atoms with van der Waals surface area (Å²) in [4.78, 5) is 26.3. The second-order valence-electron chi connectivity index (χ2n) is 5.95. The van der Waals surface area contributed by atoms with Crippen molar-refractivity contribution >= 4 is 46.6 Å². The lowest BCUT2D eigenvalue weighted by atomic mass is 10.0. The summed E-state index contributed by atoms with van der Waals surface area (Å²) in [5.41, 5.74) is 3.35. The Bertz CT molecular complexity index is 853. The smallest absolute Gasteiger partial charge is 0.266 e. The number of hydrogen-bond acceptors (Lipinski definition) is 3. The number of nitrogens with zero attached hydrogens (tertiary/aromatic N) is 1. The van der Waals surface area contributed by atoms with Crippen molar-refractivity contribution in [1.29, 1.82) is 0 Å². The first kappa shape index (κ1) is 15.5. The first-order valence-corrected chi connectivity index (χ1v) is 9.04. The zero-order valence-electron chi connectivity index (χ0n) is 13.0. The lowest BCUT2D eigenvalue weighted by molar-refractivity contribution is -0.124. The number of hydrogen-bond donors (Lipinski definition) is 1. The highest BCUT2D eigenvalue weighted by atomic mass is 35.5. The molecule has 2 aromatic carbocycles. The molecule has 2 aliphatic rings. The molecule has 24 heavy (non-hydrogen) atoms. The molecule has 4 rings (SSSR count). The van der Waals surface area contributed by atoms with E-state index in [0.717, 1.165) is 16.8 Å². The second-order valence-corrected chi connectivity index (χ2v) is 7.68. The molecule has 122 valence electrons. The van der Waals surface area contributed by atoms with Crippen molar-refractivity contribution in [2.24, 2.45) is 0 Å². The molecule has 1 N–H and O–H groups in total. The van der Waals surface area contributed by atoms with E-state index < -0.39 is 4.87 Å². The quantitative estimate of drug-likeness (QED) is 0.840. The summed E-state index contributed by atoms with van der Waals surface area (Å²) in [6, 6.07) is 12.9. The number of carbonyl (C=O) groups excluding carboxylic acids is 2. The third-order valence-electron chi connectivity index (χ3n) is 4.37. The van der Waals surface area contributed by atoms with Gasteiger partial charge in [-0.05, 0) is 37.3 Å². The molecule has 1 fully saturated rings. The monoisotopic (exact) mass is 358 g/mol. The van der Waals surface area contributed by atoms with Crippen molar-refractivity contribution in [3.05, 3.63) is 58.6 Å². The van der Waals surface area contributed by atoms with Crippen LogP contribution in [0.5, 0.6) is 0 Å². The highest BCUT2D eigenvalue weighted by Crippen LogP contribution is 2.52. The first-order valence-electron chi connectivity index (χ1n) is 7.67. The van der Waals surface area contributed by atoms with Gasteiger partial charge in [-0.15, -0.1) is 11.8 Å². The minimum absolute atomic E-state index is 0.0550. The Labute approximate surface area is 149 Å². The Morgan fingerprint density at radius 2 is 1.92 bits per heavy atom. The Morgan fingerprint density at radius 3 is 2.67 bits per heavy atom. The van der Waals surface area contributed by atoms with Gasteiger partial charge in [0.2, 0.25) is 10.8 Å². The summed E-state index contributed by atoms with van der Waals surface area (Å²) in [5.74, 6) is 0.390. The lowest BCUT2D eigenvalue weighted by Crippen LogP contribution is -2.54. The average Bonchev–Trinajstić information content (AvgIpc) is 2.82. The van der Waals surface area contributed by atoms with Gasteiger partial charge in [0.15, 0.2) is 0 Å². The number of nitrogens with one attached hydrogen (secondary N) is 1. The summed E-state index contributed by atoms with van der Waals surface area (Å²) in [6.45, 7) is 1.98. The highest BCUT2D eigenvalue weighted by Gasteiger charge is 2.56. The van der Waals surface area contributed by atoms with Crippen LogP contribution < -0.4 is 10.2 Å². The van der Waals surface area contributed by atoms with Crippen LogP contribution in [0.15, 0.2) is 42.5 Å². The number of fused-ring (bicyclic) bond motifs is 2. The van der Waals surface area contributed by atoms with Crippen LogP contribution in [0.4, 0.5) is 11.4 Å². The summed E-state index contributed by atoms with van der Waals surface area (Å²) < 4.78 is 0. The van der Waals surface area contributed by atoms with E-state index in [1.807, 2.05) is 25.1 Å². The van der Waals surface area contributed by atoms with E-state index in [9.17, 15) is 9.59 Å². The summed E-state index contributed by atoms with van der Waals surface area (Å²) >= 11 is 7.48. The molecule has 1 saturated heterocycles. The average molecular weight is 359 g/mol. The molecular weight excluding hydrogens is 344 g/mol. The van der Waals surface area contributed by atoms with Gasteiger partial charge in [-0.1, -0.05) is 29.3 Å². The fraction of sp³-hybridized carbons (Fsp3) is 0.222. The van der Waals surface area contributed by atoms with Crippen LogP contribution in [0, 0.1) is 6.92 Å². The number of amides is 2. The number of carbonyl (C=O) groups is 2. The van der Waals surface area contributed by atoms with Crippen LogP contribution in [-0.2, 0) is 14.5 Å². The summed E-state index contributed by atoms with van der Waals surface area (Å²) in [6.07, 6.45) is 0.406. The standard InChI is InChI=1S/C18H15ClN2O2S/c1-11-2-7-15-14(10-11)18(17(23)20-15)21(16(22)8-9-24-18)13-5-3-12(19)4-6-13/h2-7,10H,8-9H2,1H3,(H,20,23)/t18-/m1/s1.